The molecule has 1 aromatic rings. The summed E-state index contributed by atoms with van der Waals surface area (Å²) in [6.07, 6.45) is 9.24. The maximum atomic E-state index is 12.8. The standard InChI is InChI=1S/C21H34N4O/c1-23-11-7-18(8-12-23)13-21(26)25-10-4-6-20(17-25)16-24(2)15-19-5-3-9-22-14-19/h3,5,9,14,18,20H,4,6-8,10-13,15-17H2,1-2H3. The monoisotopic (exact) mass is 358 g/mol. The van der Waals surface area contributed by atoms with Gasteiger partial charge < -0.3 is 14.7 Å². The Morgan fingerprint density at radius 1 is 1.23 bits per heavy atom. The van der Waals surface area contributed by atoms with Gasteiger partial charge in [0.1, 0.15) is 0 Å². The molecule has 0 spiro atoms. The van der Waals surface area contributed by atoms with Crippen molar-refractivity contribution in [2.75, 3.05) is 46.8 Å². The number of carbonyl (C=O) groups excluding carboxylic acids is 1. The highest BCUT2D eigenvalue weighted by Crippen LogP contribution is 2.23. The number of amides is 1. The molecule has 2 fully saturated rings. The van der Waals surface area contributed by atoms with Crippen molar-refractivity contribution in [3.63, 3.8) is 0 Å². The van der Waals surface area contributed by atoms with Gasteiger partial charge in [-0.1, -0.05) is 6.07 Å². The fourth-order valence-corrected chi connectivity index (χ4v) is 4.39. The molecule has 0 N–H and O–H groups in total. The molecule has 144 valence electrons. The zero-order chi connectivity index (χ0) is 18.4. The second kappa shape index (κ2) is 9.47. The van der Waals surface area contributed by atoms with Crippen LogP contribution in [0.5, 0.6) is 0 Å². The Hall–Kier alpha value is -1.46. The number of piperidine rings is 2. The predicted molar refractivity (Wildman–Crippen MR) is 105 cm³/mol. The van der Waals surface area contributed by atoms with Crippen molar-refractivity contribution in [2.45, 2.75) is 38.6 Å². The molecule has 3 heterocycles. The van der Waals surface area contributed by atoms with Crippen molar-refractivity contribution in [1.82, 2.24) is 19.7 Å². The van der Waals surface area contributed by atoms with Gasteiger partial charge in [0.2, 0.25) is 5.91 Å². The zero-order valence-corrected chi connectivity index (χ0v) is 16.4. The molecule has 0 saturated carbocycles. The number of nitrogens with zero attached hydrogens (tertiary/aromatic N) is 4. The first-order valence-corrected chi connectivity index (χ1v) is 10.1. The topological polar surface area (TPSA) is 39.7 Å². The molecule has 2 aliphatic heterocycles. The van der Waals surface area contributed by atoms with Gasteiger partial charge >= 0.3 is 0 Å². The van der Waals surface area contributed by atoms with Crippen LogP contribution in [0.3, 0.4) is 0 Å². The Morgan fingerprint density at radius 2 is 2.04 bits per heavy atom. The normalized spacial score (nSPS) is 22.7. The van der Waals surface area contributed by atoms with E-state index in [0.717, 1.165) is 52.1 Å². The zero-order valence-electron chi connectivity index (χ0n) is 16.4. The first-order valence-electron chi connectivity index (χ1n) is 10.1. The van der Waals surface area contributed by atoms with Crippen molar-refractivity contribution in [2.24, 2.45) is 11.8 Å². The Morgan fingerprint density at radius 3 is 2.77 bits per heavy atom. The minimum Gasteiger partial charge on any atom is -0.342 e. The summed E-state index contributed by atoms with van der Waals surface area (Å²) in [5, 5.41) is 0. The lowest BCUT2D eigenvalue weighted by Gasteiger charge is -2.36. The first kappa shape index (κ1) is 19.3. The molecule has 2 saturated heterocycles. The summed E-state index contributed by atoms with van der Waals surface area (Å²) in [6, 6.07) is 4.12. The van der Waals surface area contributed by atoms with Crippen molar-refractivity contribution >= 4 is 5.91 Å². The maximum absolute atomic E-state index is 12.8. The van der Waals surface area contributed by atoms with E-state index in [9.17, 15) is 4.79 Å². The molecule has 0 radical (unpaired) electrons. The molecule has 0 aliphatic carbocycles. The molecule has 0 bridgehead atoms. The van der Waals surface area contributed by atoms with Gasteiger partial charge in [-0.25, -0.2) is 0 Å². The molecular formula is C21H34N4O. The number of pyridine rings is 1. The lowest BCUT2D eigenvalue weighted by atomic mass is 9.92. The number of aromatic nitrogens is 1. The van der Waals surface area contributed by atoms with Crippen LogP contribution in [0.25, 0.3) is 0 Å². The number of carbonyl (C=O) groups is 1. The van der Waals surface area contributed by atoms with Gasteiger partial charge in [-0.05, 0) is 76.3 Å². The summed E-state index contributed by atoms with van der Waals surface area (Å²) in [4.78, 5) is 23.8. The molecule has 5 heteroatoms. The maximum Gasteiger partial charge on any atom is 0.222 e. The van der Waals surface area contributed by atoms with Crippen molar-refractivity contribution in [3.05, 3.63) is 30.1 Å². The van der Waals surface area contributed by atoms with Gasteiger partial charge in [0.15, 0.2) is 0 Å². The fourth-order valence-electron chi connectivity index (χ4n) is 4.39. The van der Waals surface area contributed by atoms with E-state index in [0.29, 0.717) is 17.7 Å². The largest absolute Gasteiger partial charge is 0.342 e. The molecule has 1 aromatic heterocycles. The highest BCUT2D eigenvalue weighted by molar-refractivity contribution is 5.76. The number of hydrogen-bond donors (Lipinski definition) is 0. The van der Waals surface area contributed by atoms with E-state index in [2.05, 4.69) is 39.8 Å². The van der Waals surface area contributed by atoms with Gasteiger partial charge in [-0.2, -0.15) is 0 Å². The Labute approximate surface area is 158 Å². The lowest BCUT2D eigenvalue weighted by Crippen LogP contribution is -2.44. The van der Waals surface area contributed by atoms with E-state index in [4.69, 9.17) is 0 Å². The summed E-state index contributed by atoms with van der Waals surface area (Å²) < 4.78 is 0. The molecule has 5 nitrogen and oxygen atoms in total. The smallest absolute Gasteiger partial charge is 0.222 e. The number of likely N-dealkylation sites (tertiary alicyclic amines) is 2. The fraction of sp³-hybridized carbons (Fsp3) is 0.714. The quantitative estimate of drug-likeness (QED) is 0.783. The SMILES string of the molecule is CN1CCC(CC(=O)N2CCCC(CN(C)Cc3cccnc3)C2)CC1. The summed E-state index contributed by atoms with van der Waals surface area (Å²) in [5.41, 5.74) is 1.25. The highest BCUT2D eigenvalue weighted by Gasteiger charge is 2.27. The average Bonchev–Trinajstić information content (AvgIpc) is 2.64. The summed E-state index contributed by atoms with van der Waals surface area (Å²) in [7, 11) is 4.35. The van der Waals surface area contributed by atoms with Crippen LogP contribution in [-0.4, -0.2) is 72.4 Å². The Bertz CT molecular complexity index is 556. The second-order valence-corrected chi connectivity index (χ2v) is 8.36. The van der Waals surface area contributed by atoms with E-state index in [-0.39, 0.29) is 0 Å². The minimum atomic E-state index is 0.388. The average molecular weight is 359 g/mol. The third kappa shape index (κ3) is 5.78. The van der Waals surface area contributed by atoms with Crippen LogP contribution in [0, 0.1) is 11.8 Å². The van der Waals surface area contributed by atoms with Crippen LogP contribution < -0.4 is 0 Å². The molecule has 1 atom stereocenters. The highest BCUT2D eigenvalue weighted by atomic mass is 16.2. The van der Waals surface area contributed by atoms with E-state index in [1.54, 1.807) is 0 Å². The molecule has 1 amide bonds. The molecule has 0 aromatic carbocycles. The van der Waals surface area contributed by atoms with Crippen LogP contribution in [0.15, 0.2) is 24.5 Å². The Kier molecular flexibility index (Phi) is 7.03. The number of rotatable bonds is 6. The van der Waals surface area contributed by atoms with E-state index >= 15 is 0 Å². The summed E-state index contributed by atoms with van der Waals surface area (Å²) >= 11 is 0. The second-order valence-electron chi connectivity index (χ2n) is 8.36. The first-order chi connectivity index (χ1) is 12.6. The molecular weight excluding hydrogens is 324 g/mol. The van der Waals surface area contributed by atoms with Gasteiger partial charge in [0, 0.05) is 45.0 Å². The van der Waals surface area contributed by atoms with Crippen molar-refractivity contribution < 1.29 is 4.79 Å². The third-order valence-electron chi connectivity index (χ3n) is 5.92. The molecule has 26 heavy (non-hydrogen) atoms. The van der Waals surface area contributed by atoms with Crippen LogP contribution in [0.2, 0.25) is 0 Å². The summed E-state index contributed by atoms with van der Waals surface area (Å²) in [6.45, 7) is 6.14. The third-order valence-corrected chi connectivity index (χ3v) is 5.92. The molecule has 3 rings (SSSR count). The Balaban J connectivity index is 1.43. The molecule has 1 unspecified atom stereocenters. The number of hydrogen-bond acceptors (Lipinski definition) is 4. The summed E-state index contributed by atoms with van der Waals surface area (Å²) in [5.74, 6) is 1.57. The van der Waals surface area contributed by atoms with E-state index < -0.39 is 0 Å². The van der Waals surface area contributed by atoms with Crippen molar-refractivity contribution in [1.29, 1.82) is 0 Å². The minimum absolute atomic E-state index is 0.388. The van der Waals surface area contributed by atoms with Crippen molar-refractivity contribution in [3.8, 4) is 0 Å². The lowest BCUT2D eigenvalue weighted by molar-refractivity contribution is -0.134. The van der Waals surface area contributed by atoms with Crippen LogP contribution >= 0.6 is 0 Å². The van der Waals surface area contributed by atoms with E-state index in [1.807, 2.05) is 18.5 Å². The van der Waals surface area contributed by atoms with Gasteiger partial charge in [0.05, 0.1) is 0 Å². The molecule has 2 aliphatic rings. The predicted octanol–water partition coefficient (Wildman–Crippen LogP) is 2.48. The van der Waals surface area contributed by atoms with E-state index in [1.165, 1.54) is 24.8 Å². The van der Waals surface area contributed by atoms with Crippen LogP contribution in [-0.2, 0) is 11.3 Å². The van der Waals surface area contributed by atoms with Gasteiger partial charge in [-0.15, -0.1) is 0 Å². The van der Waals surface area contributed by atoms with Crippen LogP contribution in [0.4, 0.5) is 0 Å². The van der Waals surface area contributed by atoms with Crippen LogP contribution in [0.1, 0.15) is 37.7 Å². The van der Waals surface area contributed by atoms with Gasteiger partial charge in [-0.3, -0.25) is 9.78 Å². The van der Waals surface area contributed by atoms with Gasteiger partial charge in [0.25, 0.3) is 0 Å².